The lowest BCUT2D eigenvalue weighted by atomic mass is 9.93. The van der Waals surface area contributed by atoms with E-state index in [2.05, 4.69) is 17.6 Å². The van der Waals surface area contributed by atoms with Crippen molar-refractivity contribution in [2.75, 3.05) is 7.11 Å². The summed E-state index contributed by atoms with van der Waals surface area (Å²) in [6, 6.07) is 11.5. The largest absolute Gasteiger partial charge is 0.489 e. The monoisotopic (exact) mass is 462 g/mol. The number of rotatable bonds is 8. The topological polar surface area (TPSA) is 76.7 Å². The number of esters is 1. The van der Waals surface area contributed by atoms with Crippen molar-refractivity contribution in [1.29, 1.82) is 0 Å². The Kier molecular flexibility index (Phi) is 7.82. The van der Waals surface area contributed by atoms with Crippen LogP contribution in [0.2, 0.25) is 10.0 Å². The molecule has 2 amide bonds. The predicted octanol–water partition coefficient (Wildman–Crippen LogP) is 5.54. The van der Waals surface area contributed by atoms with E-state index in [9.17, 15) is 9.59 Å². The van der Waals surface area contributed by atoms with Gasteiger partial charge in [0, 0.05) is 21.3 Å². The van der Waals surface area contributed by atoms with Crippen LogP contribution in [0.25, 0.3) is 0 Å². The Hall–Kier alpha value is -2.70. The summed E-state index contributed by atoms with van der Waals surface area (Å²) in [7, 11) is 1.33. The lowest BCUT2D eigenvalue weighted by molar-refractivity contribution is -0.136. The molecule has 1 unspecified atom stereocenters. The van der Waals surface area contributed by atoms with E-state index in [4.69, 9.17) is 32.7 Å². The Morgan fingerprint density at radius 1 is 1.13 bits per heavy atom. The van der Waals surface area contributed by atoms with E-state index in [1.165, 1.54) is 7.11 Å². The van der Waals surface area contributed by atoms with Crippen LogP contribution in [0.15, 0.2) is 53.7 Å². The first-order chi connectivity index (χ1) is 14.9. The quantitative estimate of drug-likeness (QED) is 0.504. The summed E-state index contributed by atoms with van der Waals surface area (Å²) in [5.74, 6) is 0.158. The van der Waals surface area contributed by atoms with Crippen LogP contribution in [0.4, 0.5) is 4.79 Å². The van der Waals surface area contributed by atoms with Crippen molar-refractivity contribution in [1.82, 2.24) is 10.6 Å². The van der Waals surface area contributed by atoms with E-state index in [0.29, 0.717) is 33.5 Å². The first kappa shape index (κ1) is 23.0. The minimum Gasteiger partial charge on any atom is -0.489 e. The molecule has 164 valence electrons. The van der Waals surface area contributed by atoms with Gasteiger partial charge in [-0.3, -0.25) is 0 Å². The fourth-order valence-corrected chi connectivity index (χ4v) is 3.79. The van der Waals surface area contributed by atoms with Gasteiger partial charge in [0.1, 0.15) is 12.4 Å². The number of nitrogens with one attached hydrogen (secondary N) is 2. The van der Waals surface area contributed by atoms with E-state index in [-0.39, 0.29) is 12.6 Å². The molecule has 0 radical (unpaired) electrons. The number of allylic oxidation sites excluding steroid dienone is 1. The number of carbonyl (C=O) groups is 2. The normalized spacial score (nSPS) is 15.9. The van der Waals surface area contributed by atoms with Crippen LogP contribution in [0.1, 0.15) is 43.4 Å². The maximum absolute atomic E-state index is 12.5. The maximum atomic E-state index is 12.5. The summed E-state index contributed by atoms with van der Waals surface area (Å²) in [5, 5.41) is 6.67. The summed E-state index contributed by atoms with van der Waals surface area (Å²) in [6.07, 6.45) is 2.38. The molecule has 0 saturated heterocycles. The molecule has 2 aromatic rings. The van der Waals surface area contributed by atoms with Gasteiger partial charge in [-0.15, -0.1) is 0 Å². The molecule has 0 bridgehead atoms. The molecule has 6 nitrogen and oxygen atoms in total. The molecule has 1 aliphatic heterocycles. The summed E-state index contributed by atoms with van der Waals surface area (Å²) in [4.78, 5) is 24.7. The maximum Gasteiger partial charge on any atom is 0.337 e. The van der Waals surface area contributed by atoms with Gasteiger partial charge >= 0.3 is 12.0 Å². The van der Waals surface area contributed by atoms with Gasteiger partial charge in [-0.05, 0) is 42.7 Å². The van der Waals surface area contributed by atoms with E-state index >= 15 is 0 Å². The van der Waals surface area contributed by atoms with Crippen molar-refractivity contribution in [3.63, 3.8) is 0 Å². The van der Waals surface area contributed by atoms with Gasteiger partial charge < -0.3 is 20.1 Å². The van der Waals surface area contributed by atoms with Crippen molar-refractivity contribution in [3.8, 4) is 5.75 Å². The van der Waals surface area contributed by atoms with Gasteiger partial charge in [-0.1, -0.05) is 54.7 Å². The number of ether oxygens (including phenoxy) is 2. The zero-order valence-electron chi connectivity index (χ0n) is 17.3. The van der Waals surface area contributed by atoms with Crippen molar-refractivity contribution < 1.29 is 19.1 Å². The smallest absolute Gasteiger partial charge is 0.337 e. The SMILES string of the molecule is CCCCC1=C(C(=O)OC)C(c2ccc(OCc3ccc(Cl)cc3Cl)cc2)NC(=O)N1. The number of amides is 2. The highest BCUT2D eigenvalue weighted by atomic mass is 35.5. The van der Waals surface area contributed by atoms with Crippen LogP contribution in [0.3, 0.4) is 0 Å². The van der Waals surface area contributed by atoms with Crippen LogP contribution in [0.5, 0.6) is 5.75 Å². The summed E-state index contributed by atoms with van der Waals surface area (Å²) in [5.41, 5.74) is 2.58. The second kappa shape index (κ2) is 10.6. The average molecular weight is 463 g/mol. The number of hydrogen-bond donors (Lipinski definition) is 2. The molecular weight excluding hydrogens is 439 g/mol. The lowest BCUT2D eigenvalue weighted by Gasteiger charge is -2.29. The minimum absolute atomic E-state index is 0.286. The van der Waals surface area contributed by atoms with Crippen LogP contribution in [0, 0.1) is 0 Å². The van der Waals surface area contributed by atoms with Crippen LogP contribution < -0.4 is 15.4 Å². The Morgan fingerprint density at radius 3 is 2.52 bits per heavy atom. The summed E-state index contributed by atoms with van der Waals surface area (Å²) >= 11 is 12.1. The molecule has 2 N–H and O–H groups in total. The van der Waals surface area contributed by atoms with Crippen LogP contribution >= 0.6 is 23.2 Å². The van der Waals surface area contributed by atoms with E-state index in [1.54, 1.807) is 24.3 Å². The molecule has 1 heterocycles. The second-order valence-corrected chi connectivity index (χ2v) is 7.96. The molecule has 3 rings (SSSR count). The third kappa shape index (κ3) is 5.71. The summed E-state index contributed by atoms with van der Waals surface area (Å²) < 4.78 is 10.8. The Morgan fingerprint density at radius 2 is 1.87 bits per heavy atom. The molecule has 31 heavy (non-hydrogen) atoms. The van der Waals surface area contributed by atoms with Crippen molar-refractivity contribution in [2.24, 2.45) is 0 Å². The number of urea groups is 1. The Labute approximate surface area is 191 Å². The van der Waals surface area contributed by atoms with E-state index in [0.717, 1.165) is 24.0 Å². The first-order valence-electron chi connectivity index (χ1n) is 9.98. The van der Waals surface area contributed by atoms with Gasteiger partial charge in [-0.25, -0.2) is 9.59 Å². The molecule has 0 spiro atoms. The molecule has 0 saturated carbocycles. The van der Waals surface area contributed by atoms with E-state index < -0.39 is 12.0 Å². The van der Waals surface area contributed by atoms with Gasteiger partial charge in [0.25, 0.3) is 0 Å². The molecule has 2 aromatic carbocycles. The molecular formula is C23H24Cl2N2O4. The van der Waals surface area contributed by atoms with Gasteiger partial charge in [0.2, 0.25) is 0 Å². The lowest BCUT2D eigenvalue weighted by Crippen LogP contribution is -2.45. The molecule has 1 atom stereocenters. The minimum atomic E-state index is -0.604. The summed E-state index contributed by atoms with van der Waals surface area (Å²) in [6.45, 7) is 2.34. The van der Waals surface area contributed by atoms with Crippen LogP contribution in [-0.2, 0) is 16.1 Å². The number of benzene rings is 2. The number of hydrogen-bond acceptors (Lipinski definition) is 4. The highest BCUT2D eigenvalue weighted by Gasteiger charge is 2.33. The standard InChI is InChI=1S/C23H24Cl2N2O4/c1-3-4-5-19-20(22(28)30-2)21(27-23(29)26-19)14-7-10-17(11-8-14)31-13-15-6-9-16(24)12-18(15)25/h6-12,21H,3-5,13H2,1-2H3,(H2,26,27,29). The zero-order chi connectivity index (χ0) is 22.4. The molecule has 0 aromatic heterocycles. The second-order valence-electron chi connectivity index (χ2n) is 7.11. The molecule has 0 fully saturated rings. The predicted molar refractivity (Wildman–Crippen MR) is 120 cm³/mol. The Balaban J connectivity index is 1.80. The highest BCUT2D eigenvalue weighted by molar-refractivity contribution is 6.35. The third-order valence-corrected chi connectivity index (χ3v) is 5.55. The van der Waals surface area contributed by atoms with Gasteiger partial charge in [-0.2, -0.15) is 0 Å². The number of unbranched alkanes of at least 4 members (excludes halogenated alkanes) is 1. The zero-order valence-corrected chi connectivity index (χ0v) is 18.8. The van der Waals surface area contributed by atoms with Gasteiger partial charge in [0.05, 0.1) is 18.7 Å². The van der Waals surface area contributed by atoms with Crippen molar-refractivity contribution in [3.05, 3.63) is 74.9 Å². The first-order valence-corrected chi connectivity index (χ1v) is 10.7. The van der Waals surface area contributed by atoms with Crippen molar-refractivity contribution in [2.45, 2.75) is 38.8 Å². The fraction of sp³-hybridized carbons (Fsp3) is 0.304. The van der Waals surface area contributed by atoms with Crippen molar-refractivity contribution >= 4 is 35.2 Å². The molecule has 8 heteroatoms. The van der Waals surface area contributed by atoms with Gasteiger partial charge in [0.15, 0.2) is 0 Å². The molecule has 1 aliphatic rings. The van der Waals surface area contributed by atoms with Crippen LogP contribution in [-0.4, -0.2) is 19.1 Å². The number of halogens is 2. The van der Waals surface area contributed by atoms with E-state index in [1.807, 2.05) is 18.2 Å². The fourth-order valence-electron chi connectivity index (χ4n) is 3.33. The number of methoxy groups -OCH3 is 1. The highest BCUT2D eigenvalue weighted by Crippen LogP contribution is 2.31. The third-order valence-electron chi connectivity index (χ3n) is 4.96. The molecule has 0 aliphatic carbocycles. The number of carbonyl (C=O) groups excluding carboxylic acids is 2. The average Bonchev–Trinajstić information content (AvgIpc) is 2.76. The Bertz CT molecular complexity index is 990.